The van der Waals surface area contributed by atoms with E-state index in [4.69, 9.17) is 9.15 Å². The zero-order chi connectivity index (χ0) is 22.1. The van der Waals surface area contributed by atoms with Gasteiger partial charge in [-0.3, -0.25) is 9.69 Å². The smallest absolute Gasteiger partial charge is 0.325 e. The summed E-state index contributed by atoms with van der Waals surface area (Å²) in [6, 6.07) is 15.2. The number of carboxylic acids is 1. The predicted molar refractivity (Wildman–Crippen MR) is 120 cm³/mol. The van der Waals surface area contributed by atoms with E-state index in [0.29, 0.717) is 37.8 Å². The monoisotopic (exact) mass is 432 g/mol. The van der Waals surface area contributed by atoms with E-state index in [-0.39, 0.29) is 0 Å². The van der Waals surface area contributed by atoms with Crippen LogP contribution in [0, 0.1) is 6.92 Å². The van der Waals surface area contributed by atoms with Gasteiger partial charge < -0.3 is 14.3 Å². The lowest BCUT2D eigenvalue weighted by molar-refractivity contribution is -0.144. The minimum atomic E-state index is -0.829. The highest BCUT2D eigenvalue weighted by Crippen LogP contribution is 2.40. The summed E-state index contributed by atoms with van der Waals surface area (Å²) < 4.78 is 11.8. The first-order valence-corrected chi connectivity index (χ1v) is 11.3. The third kappa shape index (κ3) is 4.41. The number of rotatable bonds is 8. The lowest BCUT2D eigenvalue weighted by atomic mass is 9.92. The Balaban J connectivity index is 1.28. The van der Waals surface area contributed by atoms with E-state index < -0.39 is 12.0 Å². The molecule has 6 nitrogen and oxygen atoms in total. The fourth-order valence-corrected chi connectivity index (χ4v) is 4.47. The summed E-state index contributed by atoms with van der Waals surface area (Å²) >= 11 is 0. The third-order valence-corrected chi connectivity index (χ3v) is 6.35. The molecule has 1 aliphatic carbocycles. The van der Waals surface area contributed by atoms with Crippen LogP contribution in [-0.4, -0.2) is 34.1 Å². The van der Waals surface area contributed by atoms with Gasteiger partial charge in [-0.05, 0) is 55.0 Å². The van der Waals surface area contributed by atoms with E-state index in [1.165, 1.54) is 0 Å². The Kier molecular flexibility index (Phi) is 5.70. The van der Waals surface area contributed by atoms with Crippen molar-refractivity contribution in [3.05, 3.63) is 82.6 Å². The first kappa shape index (κ1) is 20.8. The molecule has 0 saturated heterocycles. The Morgan fingerprint density at radius 2 is 2.03 bits per heavy atom. The molecule has 2 aliphatic rings. The highest BCUT2D eigenvalue weighted by atomic mass is 16.5. The molecule has 1 aromatic heterocycles. The van der Waals surface area contributed by atoms with Gasteiger partial charge in [-0.1, -0.05) is 36.4 Å². The highest BCUT2D eigenvalue weighted by molar-refractivity contribution is 5.77. The second-order valence-electron chi connectivity index (χ2n) is 8.74. The number of fused-ring (bicyclic) bond motifs is 1. The molecule has 0 bridgehead atoms. The van der Waals surface area contributed by atoms with Crippen LogP contribution < -0.4 is 4.74 Å². The van der Waals surface area contributed by atoms with Gasteiger partial charge in [-0.25, -0.2) is 4.98 Å². The Morgan fingerprint density at radius 3 is 2.78 bits per heavy atom. The van der Waals surface area contributed by atoms with Crippen molar-refractivity contribution in [1.82, 2.24) is 9.88 Å². The van der Waals surface area contributed by atoms with E-state index in [2.05, 4.69) is 4.98 Å². The number of nitrogens with zero attached hydrogens (tertiary/aromatic N) is 2. The minimum Gasteiger partial charge on any atom is -0.493 e. The van der Waals surface area contributed by atoms with Crippen LogP contribution >= 0.6 is 0 Å². The number of aromatic nitrogens is 1. The quantitative estimate of drug-likeness (QED) is 0.558. The normalized spacial score (nSPS) is 18.3. The van der Waals surface area contributed by atoms with E-state index in [1.807, 2.05) is 60.4 Å². The summed E-state index contributed by atoms with van der Waals surface area (Å²) in [4.78, 5) is 18.9. The SMILES string of the molecule is Cc1oc(C2CC2)nc1CCOc1ccc2c(c1)C(C(=O)O)N(Cc1ccccc1)CC2. The molecule has 0 radical (unpaired) electrons. The number of ether oxygens (including phenoxy) is 1. The molecule has 2 aromatic carbocycles. The zero-order valence-corrected chi connectivity index (χ0v) is 18.3. The molecule has 0 spiro atoms. The van der Waals surface area contributed by atoms with Crippen molar-refractivity contribution in [2.24, 2.45) is 0 Å². The number of aryl methyl sites for hydroxylation is 1. The van der Waals surface area contributed by atoms with Crippen LogP contribution in [0.15, 0.2) is 52.9 Å². The number of aliphatic carboxylic acids is 1. The number of hydrogen-bond donors (Lipinski definition) is 1. The number of carboxylic acid groups (broad SMARTS) is 1. The Labute approximate surface area is 187 Å². The van der Waals surface area contributed by atoms with Gasteiger partial charge in [0.05, 0.1) is 12.3 Å². The van der Waals surface area contributed by atoms with Gasteiger partial charge in [-0.2, -0.15) is 0 Å². The molecule has 1 fully saturated rings. The molecule has 32 heavy (non-hydrogen) atoms. The molecule has 1 aliphatic heterocycles. The van der Waals surface area contributed by atoms with Crippen molar-refractivity contribution < 1.29 is 19.1 Å². The summed E-state index contributed by atoms with van der Waals surface area (Å²) in [6.45, 7) is 3.75. The van der Waals surface area contributed by atoms with Gasteiger partial charge in [0.25, 0.3) is 0 Å². The van der Waals surface area contributed by atoms with Crippen molar-refractivity contribution in [3.8, 4) is 5.75 Å². The van der Waals surface area contributed by atoms with Gasteiger partial charge in [0, 0.05) is 25.4 Å². The van der Waals surface area contributed by atoms with Crippen molar-refractivity contribution in [3.63, 3.8) is 0 Å². The van der Waals surface area contributed by atoms with E-state index in [9.17, 15) is 9.90 Å². The number of hydrogen-bond acceptors (Lipinski definition) is 5. The second kappa shape index (κ2) is 8.79. The lowest BCUT2D eigenvalue weighted by Crippen LogP contribution is -2.39. The fourth-order valence-electron chi connectivity index (χ4n) is 4.47. The van der Waals surface area contributed by atoms with Gasteiger partial charge >= 0.3 is 5.97 Å². The van der Waals surface area contributed by atoms with Crippen LogP contribution in [0.4, 0.5) is 0 Å². The maximum absolute atomic E-state index is 12.2. The van der Waals surface area contributed by atoms with Crippen LogP contribution in [0.1, 0.15) is 58.8 Å². The lowest BCUT2D eigenvalue weighted by Gasteiger charge is -2.35. The molecule has 166 valence electrons. The van der Waals surface area contributed by atoms with Crippen molar-refractivity contribution in [2.45, 2.75) is 51.1 Å². The first-order valence-electron chi connectivity index (χ1n) is 11.3. The summed E-state index contributed by atoms with van der Waals surface area (Å²) in [5.41, 5.74) is 3.96. The largest absolute Gasteiger partial charge is 0.493 e. The minimum absolute atomic E-state index is 0.474. The Bertz CT molecular complexity index is 1100. The first-order chi connectivity index (χ1) is 15.6. The van der Waals surface area contributed by atoms with Crippen LogP contribution in [0.25, 0.3) is 0 Å². The highest BCUT2D eigenvalue weighted by Gasteiger charge is 2.33. The van der Waals surface area contributed by atoms with Gasteiger partial charge in [0.15, 0.2) is 5.89 Å². The summed E-state index contributed by atoms with van der Waals surface area (Å²) in [5, 5.41) is 10.0. The molecule has 1 atom stereocenters. The predicted octanol–water partition coefficient (Wildman–Crippen LogP) is 4.67. The van der Waals surface area contributed by atoms with Crippen LogP contribution in [0.5, 0.6) is 5.75 Å². The van der Waals surface area contributed by atoms with Gasteiger partial charge in [0.2, 0.25) is 0 Å². The molecule has 5 rings (SSSR count). The average Bonchev–Trinajstić information content (AvgIpc) is 3.57. The molecule has 1 unspecified atom stereocenters. The average molecular weight is 433 g/mol. The molecule has 1 N–H and O–H groups in total. The number of benzene rings is 2. The second-order valence-corrected chi connectivity index (χ2v) is 8.74. The van der Waals surface area contributed by atoms with Gasteiger partial charge in [0.1, 0.15) is 17.6 Å². The number of carbonyl (C=O) groups is 1. The van der Waals surface area contributed by atoms with Crippen molar-refractivity contribution in [1.29, 1.82) is 0 Å². The fraction of sp³-hybridized carbons (Fsp3) is 0.385. The molecular formula is C26H28N2O4. The van der Waals surface area contributed by atoms with Crippen LogP contribution in [-0.2, 0) is 24.2 Å². The molecular weight excluding hydrogens is 404 g/mol. The topological polar surface area (TPSA) is 75.8 Å². The Hall–Kier alpha value is -3.12. The van der Waals surface area contributed by atoms with Gasteiger partial charge in [-0.15, -0.1) is 0 Å². The van der Waals surface area contributed by atoms with Crippen molar-refractivity contribution in [2.75, 3.05) is 13.2 Å². The summed E-state index contributed by atoms with van der Waals surface area (Å²) in [7, 11) is 0. The van der Waals surface area contributed by atoms with E-state index in [0.717, 1.165) is 53.3 Å². The molecule has 2 heterocycles. The van der Waals surface area contributed by atoms with Crippen LogP contribution in [0.3, 0.4) is 0 Å². The van der Waals surface area contributed by atoms with E-state index >= 15 is 0 Å². The molecule has 3 aromatic rings. The van der Waals surface area contributed by atoms with Crippen LogP contribution in [0.2, 0.25) is 0 Å². The van der Waals surface area contributed by atoms with E-state index in [1.54, 1.807) is 0 Å². The maximum Gasteiger partial charge on any atom is 0.325 e. The summed E-state index contributed by atoms with van der Waals surface area (Å²) in [6.07, 6.45) is 3.82. The zero-order valence-electron chi connectivity index (χ0n) is 18.3. The Morgan fingerprint density at radius 1 is 1.22 bits per heavy atom. The molecule has 1 saturated carbocycles. The summed E-state index contributed by atoms with van der Waals surface area (Å²) in [5.74, 6) is 2.08. The standard InChI is InChI=1S/C26H28N2O4/c1-17-23(27-25(32-17)20-7-8-20)12-14-31-21-10-9-19-11-13-28(16-18-5-3-2-4-6-18)24(26(29)30)22(19)15-21/h2-6,9-10,15,20,24H,7-8,11-14,16H2,1H3,(H,29,30). The molecule has 0 amide bonds. The third-order valence-electron chi connectivity index (χ3n) is 6.35. The maximum atomic E-state index is 12.2. The number of oxazole rings is 1. The molecule has 6 heteroatoms. The van der Waals surface area contributed by atoms with Crippen molar-refractivity contribution >= 4 is 5.97 Å².